The normalized spacial score (nSPS) is 10.6. The number of H-pyrrole nitrogens is 1. The first-order valence-electron chi connectivity index (χ1n) is 6.66. The molecule has 2 rings (SSSR count). The first kappa shape index (κ1) is 15.5. The van der Waals surface area contributed by atoms with Crippen molar-refractivity contribution in [3.8, 4) is 0 Å². The summed E-state index contributed by atoms with van der Waals surface area (Å²) in [6.45, 7) is 1.62. The predicted octanol–water partition coefficient (Wildman–Crippen LogP) is 1.55. The van der Waals surface area contributed by atoms with Crippen molar-refractivity contribution in [2.24, 2.45) is 0 Å². The van der Waals surface area contributed by atoms with Gasteiger partial charge in [-0.3, -0.25) is 19.7 Å². The van der Waals surface area contributed by atoms with Crippen LogP contribution < -0.4 is 0 Å². The number of nitro groups is 1. The minimum absolute atomic E-state index is 0.0116. The number of nitro benzene ring substituents is 1. The van der Waals surface area contributed by atoms with Crippen LogP contribution in [0.25, 0.3) is 10.9 Å². The Kier molecular flexibility index (Phi) is 4.40. The lowest BCUT2D eigenvalue weighted by molar-refractivity contribution is -0.384. The standard InChI is InChI=1S/C14H15N3O5/c1-2-16(8-14(19)20)13(18)5-9-7-15-12-4-3-10(17(21)22)6-11(9)12/h3-4,6-7,15H,2,5,8H2,1H3,(H,19,20). The molecule has 1 aromatic heterocycles. The Morgan fingerprint density at radius 3 is 2.73 bits per heavy atom. The Morgan fingerprint density at radius 2 is 2.14 bits per heavy atom. The molecule has 0 aliphatic rings. The number of non-ortho nitro benzene ring substituents is 1. The second-order valence-corrected chi connectivity index (χ2v) is 4.78. The fourth-order valence-electron chi connectivity index (χ4n) is 2.24. The van der Waals surface area contributed by atoms with Crippen LogP contribution in [0.4, 0.5) is 5.69 Å². The number of aromatic amines is 1. The third-order valence-corrected chi connectivity index (χ3v) is 3.36. The molecule has 1 amide bonds. The number of fused-ring (bicyclic) bond motifs is 1. The molecular formula is C14H15N3O5. The summed E-state index contributed by atoms with van der Waals surface area (Å²) in [7, 11) is 0. The number of hydrogen-bond donors (Lipinski definition) is 2. The average Bonchev–Trinajstić information content (AvgIpc) is 2.86. The number of aromatic nitrogens is 1. The maximum Gasteiger partial charge on any atom is 0.323 e. The van der Waals surface area contributed by atoms with Gasteiger partial charge in [0.2, 0.25) is 5.91 Å². The quantitative estimate of drug-likeness (QED) is 0.620. The first-order chi connectivity index (χ1) is 10.4. The van der Waals surface area contributed by atoms with E-state index in [2.05, 4.69) is 4.98 Å². The number of benzene rings is 1. The third kappa shape index (κ3) is 3.22. The lowest BCUT2D eigenvalue weighted by atomic mass is 10.1. The summed E-state index contributed by atoms with van der Waals surface area (Å²) in [4.78, 5) is 37.4. The van der Waals surface area contributed by atoms with Crippen molar-refractivity contribution in [2.45, 2.75) is 13.3 Å². The number of carboxylic acid groups (broad SMARTS) is 1. The number of nitrogens with zero attached hydrogens (tertiary/aromatic N) is 2. The van der Waals surface area contributed by atoms with Gasteiger partial charge in [0, 0.05) is 35.8 Å². The second kappa shape index (κ2) is 6.25. The summed E-state index contributed by atoms with van der Waals surface area (Å²) < 4.78 is 0. The van der Waals surface area contributed by atoms with Crippen molar-refractivity contribution in [1.82, 2.24) is 9.88 Å². The molecule has 0 aliphatic heterocycles. The lowest BCUT2D eigenvalue weighted by Crippen LogP contribution is -2.36. The molecule has 1 aromatic carbocycles. The molecule has 0 fully saturated rings. The van der Waals surface area contributed by atoms with Crippen LogP contribution in [0, 0.1) is 10.1 Å². The van der Waals surface area contributed by atoms with E-state index in [1.54, 1.807) is 19.2 Å². The summed E-state index contributed by atoms with van der Waals surface area (Å²) in [5, 5.41) is 20.2. The van der Waals surface area contributed by atoms with E-state index in [-0.39, 0.29) is 31.1 Å². The molecule has 8 nitrogen and oxygen atoms in total. The van der Waals surface area contributed by atoms with Crippen LogP contribution in [-0.4, -0.2) is 44.9 Å². The van der Waals surface area contributed by atoms with Crippen molar-refractivity contribution in [3.05, 3.63) is 40.1 Å². The van der Waals surface area contributed by atoms with Gasteiger partial charge in [-0.15, -0.1) is 0 Å². The lowest BCUT2D eigenvalue weighted by Gasteiger charge is -2.18. The Labute approximate surface area is 125 Å². The van der Waals surface area contributed by atoms with E-state index >= 15 is 0 Å². The van der Waals surface area contributed by atoms with Gasteiger partial charge in [0.15, 0.2) is 0 Å². The Hall–Kier alpha value is -2.90. The van der Waals surface area contributed by atoms with Gasteiger partial charge in [0.1, 0.15) is 6.54 Å². The zero-order valence-corrected chi connectivity index (χ0v) is 11.9. The highest BCUT2D eigenvalue weighted by Crippen LogP contribution is 2.24. The van der Waals surface area contributed by atoms with Crippen LogP contribution in [-0.2, 0) is 16.0 Å². The van der Waals surface area contributed by atoms with Gasteiger partial charge in [0.05, 0.1) is 11.3 Å². The van der Waals surface area contributed by atoms with Gasteiger partial charge < -0.3 is 15.0 Å². The van der Waals surface area contributed by atoms with Crippen LogP contribution in [0.3, 0.4) is 0 Å². The summed E-state index contributed by atoms with van der Waals surface area (Å²) in [5.74, 6) is -1.41. The molecule has 2 aromatic rings. The molecule has 0 saturated carbocycles. The van der Waals surface area contributed by atoms with E-state index in [0.29, 0.717) is 16.5 Å². The van der Waals surface area contributed by atoms with E-state index in [4.69, 9.17) is 5.11 Å². The number of carboxylic acids is 1. The molecule has 116 valence electrons. The molecule has 0 spiro atoms. The molecule has 8 heteroatoms. The zero-order valence-electron chi connectivity index (χ0n) is 11.9. The highest BCUT2D eigenvalue weighted by atomic mass is 16.6. The molecule has 0 unspecified atom stereocenters. The van der Waals surface area contributed by atoms with Crippen LogP contribution in [0.2, 0.25) is 0 Å². The summed E-state index contributed by atoms with van der Waals surface area (Å²) in [6.07, 6.45) is 1.60. The number of hydrogen-bond acceptors (Lipinski definition) is 4. The van der Waals surface area contributed by atoms with E-state index < -0.39 is 10.9 Å². The molecule has 0 atom stereocenters. The van der Waals surface area contributed by atoms with Crippen molar-refractivity contribution in [1.29, 1.82) is 0 Å². The predicted molar refractivity (Wildman–Crippen MR) is 78.5 cm³/mol. The van der Waals surface area contributed by atoms with E-state index in [1.165, 1.54) is 17.0 Å². The maximum absolute atomic E-state index is 12.2. The fourth-order valence-corrected chi connectivity index (χ4v) is 2.24. The molecular weight excluding hydrogens is 290 g/mol. The van der Waals surface area contributed by atoms with Gasteiger partial charge in [-0.1, -0.05) is 0 Å². The summed E-state index contributed by atoms with van der Waals surface area (Å²) >= 11 is 0. The van der Waals surface area contributed by atoms with Crippen molar-refractivity contribution < 1.29 is 19.6 Å². The number of likely N-dealkylation sites (N-methyl/N-ethyl adjacent to an activating group) is 1. The molecule has 0 saturated heterocycles. The molecule has 2 N–H and O–H groups in total. The zero-order chi connectivity index (χ0) is 16.3. The summed E-state index contributed by atoms with van der Waals surface area (Å²) in [6, 6.07) is 4.37. The fraction of sp³-hybridized carbons (Fsp3) is 0.286. The van der Waals surface area contributed by atoms with Crippen molar-refractivity contribution >= 4 is 28.5 Å². The highest BCUT2D eigenvalue weighted by molar-refractivity contribution is 5.91. The van der Waals surface area contributed by atoms with E-state index in [1.807, 2.05) is 0 Å². The number of carbonyl (C=O) groups excluding carboxylic acids is 1. The van der Waals surface area contributed by atoms with Crippen molar-refractivity contribution in [2.75, 3.05) is 13.1 Å². The molecule has 0 bridgehead atoms. The maximum atomic E-state index is 12.2. The monoisotopic (exact) mass is 305 g/mol. The van der Waals surface area contributed by atoms with E-state index in [0.717, 1.165) is 0 Å². The minimum Gasteiger partial charge on any atom is -0.480 e. The van der Waals surface area contributed by atoms with Gasteiger partial charge in [-0.2, -0.15) is 0 Å². The Morgan fingerprint density at radius 1 is 1.41 bits per heavy atom. The minimum atomic E-state index is -1.08. The second-order valence-electron chi connectivity index (χ2n) is 4.78. The Bertz CT molecular complexity index is 737. The molecule has 0 radical (unpaired) electrons. The van der Waals surface area contributed by atoms with Crippen LogP contribution >= 0.6 is 0 Å². The highest BCUT2D eigenvalue weighted by Gasteiger charge is 2.18. The van der Waals surface area contributed by atoms with Gasteiger partial charge in [0.25, 0.3) is 5.69 Å². The van der Waals surface area contributed by atoms with Gasteiger partial charge >= 0.3 is 5.97 Å². The van der Waals surface area contributed by atoms with Crippen LogP contribution in [0.5, 0.6) is 0 Å². The smallest absolute Gasteiger partial charge is 0.323 e. The molecule has 0 aliphatic carbocycles. The van der Waals surface area contributed by atoms with E-state index in [9.17, 15) is 19.7 Å². The molecule has 1 heterocycles. The third-order valence-electron chi connectivity index (χ3n) is 3.36. The molecule has 22 heavy (non-hydrogen) atoms. The van der Waals surface area contributed by atoms with Gasteiger partial charge in [-0.25, -0.2) is 0 Å². The summed E-state index contributed by atoms with van der Waals surface area (Å²) in [5.41, 5.74) is 1.24. The average molecular weight is 305 g/mol. The van der Waals surface area contributed by atoms with Crippen LogP contribution in [0.15, 0.2) is 24.4 Å². The number of nitrogens with one attached hydrogen (secondary N) is 1. The first-order valence-corrected chi connectivity index (χ1v) is 6.66. The van der Waals surface area contributed by atoms with Crippen molar-refractivity contribution in [3.63, 3.8) is 0 Å². The number of aliphatic carboxylic acids is 1. The number of carbonyl (C=O) groups is 2. The number of amides is 1. The Balaban J connectivity index is 2.27. The SMILES string of the molecule is CCN(CC(=O)O)C(=O)Cc1c[nH]c2ccc([N+](=O)[O-])cc12. The largest absolute Gasteiger partial charge is 0.480 e. The van der Waals surface area contributed by atoms with Crippen LogP contribution in [0.1, 0.15) is 12.5 Å². The number of rotatable bonds is 6. The topological polar surface area (TPSA) is 117 Å². The van der Waals surface area contributed by atoms with Gasteiger partial charge in [-0.05, 0) is 18.6 Å².